The molecule has 2 aromatic rings. The molecule has 22 heteroatoms. The molecule has 0 radical (unpaired) electrons. The van der Waals surface area contributed by atoms with Gasteiger partial charge in [-0.25, -0.2) is 23.2 Å². The molecule has 348 valence electrons. The zero-order valence-electron chi connectivity index (χ0n) is 35.6. The van der Waals surface area contributed by atoms with Gasteiger partial charge in [-0.3, -0.25) is 19.1 Å². The summed E-state index contributed by atoms with van der Waals surface area (Å²) in [6.07, 6.45) is -8.09. The fourth-order valence-corrected chi connectivity index (χ4v) is 9.28. The highest BCUT2D eigenvalue weighted by molar-refractivity contribution is 7.91. The van der Waals surface area contributed by atoms with Gasteiger partial charge in [-0.05, 0) is 90.2 Å². The average molecular weight is 919 g/mol. The van der Waals surface area contributed by atoms with Gasteiger partial charge in [0.1, 0.15) is 23.9 Å². The number of fused-ring (bicyclic) bond motifs is 3. The second-order valence-electron chi connectivity index (χ2n) is 17.9. The molecule has 7 unspecified atom stereocenters. The Kier molecular flexibility index (Phi) is 13.0. The zero-order chi connectivity index (χ0) is 46.5. The summed E-state index contributed by atoms with van der Waals surface area (Å²) in [7, 11) is -4.06. The fraction of sp³-hybridized carbons (Fsp3) is 0.659. The van der Waals surface area contributed by atoms with E-state index in [1.807, 2.05) is 13.0 Å². The summed E-state index contributed by atoms with van der Waals surface area (Å²) in [6.45, 7) is 7.58. The highest BCUT2D eigenvalue weighted by atomic mass is 32.2. The third kappa shape index (κ3) is 10.6. The highest BCUT2D eigenvalue weighted by Gasteiger charge is 2.58. The van der Waals surface area contributed by atoms with E-state index in [1.54, 1.807) is 19.9 Å². The minimum atomic E-state index is -5.08. The largest absolute Gasteiger partial charge is 0.494 e. The van der Waals surface area contributed by atoms with Crippen molar-refractivity contribution >= 4 is 44.9 Å². The van der Waals surface area contributed by atoms with Gasteiger partial charge in [0.25, 0.3) is 0 Å². The number of benzene rings is 1. The molecule has 6 rings (SSSR count). The Morgan fingerprint density at radius 2 is 1.73 bits per heavy atom. The summed E-state index contributed by atoms with van der Waals surface area (Å²) in [5, 5.41) is 5.11. The van der Waals surface area contributed by atoms with Gasteiger partial charge in [-0.1, -0.05) is 26.0 Å². The quantitative estimate of drug-likeness (QED) is 0.184. The minimum absolute atomic E-state index is 0.0242. The van der Waals surface area contributed by atoms with E-state index in [1.165, 1.54) is 25.1 Å². The van der Waals surface area contributed by atoms with Gasteiger partial charge >= 0.3 is 18.4 Å². The van der Waals surface area contributed by atoms with Gasteiger partial charge in [0.05, 0.1) is 40.9 Å². The number of hydrogen-bond acceptors (Lipinski definition) is 11. The molecule has 1 aromatic heterocycles. The standard InChI is InChI=1S/C41H52F6N6O9S/c1-7-60-25-12-13-27-28(17-25)49-34(32(48-27)40(42,43)44)61-26-18-29-33(55)51-39(20-30(54)52-63(58,59)38(6)14-15-38)19-24(39)11-9-8-10-22(2)16-23(3)31(35(56)53(29)21-26)50-36(57)62-37(4,5)41(45,46)47/h9,11-13,17,22-24,26,29,31H,7-8,10,14-16,18-21H2,1-6H3,(H,50,57)(H,51,55)(H,52,54). The lowest BCUT2D eigenvalue weighted by Crippen LogP contribution is -2.58. The zero-order valence-corrected chi connectivity index (χ0v) is 36.4. The smallest absolute Gasteiger partial charge is 0.438 e. The third-order valence-corrected chi connectivity index (χ3v) is 14.5. The number of nitrogens with zero attached hydrogens (tertiary/aromatic N) is 3. The van der Waals surface area contributed by atoms with Crippen LogP contribution >= 0.6 is 0 Å². The van der Waals surface area contributed by atoms with Gasteiger partial charge < -0.3 is 29.7 Å². The van der Waals surface area contributed by atoms with E-state index in [0.717, 1.165) is 4.90 Å². The van der Waals surface area contributed by atoms with Crippen molar-refractivity contribution in [3.63, 3.8) is 0 Å². The maximum atomic E-state index is 14.8. The van der Waals surface area contributed by atoms with Crippen molar-refractivity contribution in [2.45, 2.75) is 139 Å². The Hall–Kier alpha value is -4.89. The van der Waals surface area contributed by atoms with Crippen LogP contribution in [0.1, 0.15) is 98.6 Å². The first-order chi connectivity index (χ1) is 29.2. The number of allylic oxidation sites excluding steroid dienone is 1. The lowest BCUT2D eigenvalue weighted by Gasteiger charge is -2.34. The van der Waals surface area contributed by atoms with Crippen LogP contribution in [-0.4, -0.2) is 101 Å². The topological polar surface area (TPSA) is 195 Å². The molecular formula is C41H52F6N6O9S. The highest BCUT2D eigenvalue weighted by Crippen LogP contribution is 2.49. The van der Waals surface area contributed by atoms with Crippen LogP contribution in [0, 0.1) is 17.8 Å². The summed E-state index contributed by atoms with van der Waals surface area (Å²) in [5.74, 6) is -4.78. The lowest BCUT2D eigenvalue weighted by molar-refractivity contribution is -0.244. The Morgan fingerprint density at radius 1 is 1.03 bits per heavy atom. The van der Waals surface area contributed by atoms with Gasteiger partial charge in [0.15, 0.2) is 0 Å². The van der Waals surface area contributed by atoms with Crippen LogP contribution in [0.3, 0.4) is 0 Å². The predicted octanol–water partition coefficient (Wildman–Crippen LogP) is 6.11. The van der Waals surface area contributed by atoms with Gasteiger partial charge in [0.2, 0.25) is 44.9 Å². The Balaban J connectivity index is 1.37. The van der Waals surface area contributed by atoms with Crippen LogP contribution in [0.25, 0.3) is 11.0 Å². The molecule has 3 fully saturated rings. The Bertz CT molecular complexity index is 2250. The second kappa shape index (κ2) is 17.2. The molecule has 3 heterocycles. The number of rotatable bonds is 10. The van der Waals surface area contributed by atoms with Gasteiger partial charge in [-0.2, -0.15) is 26.3 Å². The van der Waals surface area contributed by atoms with Crippen molar-refractivity contribution in [2.75, 3.05) is 13.2 Å². The van der Waals surface area contributed by atoms with Crippen molar-refractivity contribution in [3.8, 4) is 11.6 Å². The molecule has 0 spiro atoms. The van der Waals surface area contributed by atoms with Crippen LogP contribution < -0.4 is 24.8 Å². The molecular weight excluding hydrogens is 867 g/mol. The first kappa shape index (κ1) is 47.6. The number of alkyl halides is 6. The molecule has 2 aliphatic carbocycles. The first-order valence-corrected chi connectivity index (χ1v) is 22.2. The normalized spacial score (nSPS) is 27.8. The van der Waals surface area contributed by atoms with E-state index in [2.05, 4.69) is 25.3 Å². The predicted molar refractivity (Wildman–Crippen MR) is 213 cm³/mol. The molecule has 4 aliphatic rings. The molecule has 0 bridgehead atoms. The van der Waals surface area contributed by atoms with E-state index in [4.69, 9.17) is 14.2 Å². The van der Waals surface area contributed by atoms with E-state index in [9.17, 15) is 53.9 Å². The van der Waals surface area contributed by atoms with Crippen molar-refractivity contribution in [1.82, 2.24) is 30.2 Å². The number of halogens is 6. The van der Waals surface area contributed by atoms with Gasteiger partial charge in [-0.15, -0.1) is 0 Å². The number of hydrogen-bond donors (Lipinski definition) is 3. The van der Waals surface area contributed by atoms with Crippen LogP contribution in [0.5, 0.6) is 11.6 Å². The molecule has 15 nitrogen and oxygen atoms in total. The molecule has 4 amide bonds. The lowest BCUT2D eigenvalue weighted by atomic mass is 9.88. The molecule has 2 aliphatic heterocycles. The van der Waals surface area contributed by atoms with Crippen molar-refractivity contribution < 1.29 is 68.1 Å². The van der Waals surface area contributed by atoms with Crippen LogP contribution in [0.15, 0.2) is 30.4 Å². The van der Waals surface area contributed by atoms with Crippen LogP contribution in [-0.2, 0) is 35.3 Å². The summed E-state index contributed by atoms with van der Waals surface area (Å²) in [5.41, 5.74) is -5.96. The molecule has 3 N–H and O–H groups in total. The monoisotopic (exact) mass is 918 g/mol. The molecule has 1 aromatic carbocycles. The molecule has 7 atom stereocenters. The number of amides is 4. The molecule has 1 saturated heterocycles. The summed E-state index contributed by atoms with van der Waals surface area (Å²) >= 11 is 0. The second-order valence-corrected chi connectivity index (χ2v) is 20.1. The van der Waals surface area contributed by atoms with Crippen LogP contribution in [0.2, 0.25) is 0 Å². The number of ether oxygens (including phenoxy) is 3. The Labute approximate surface area is 360 Å². The van der Waals surface area contributed by atoms with Gasteiger partial charge in [0, 0.05) is 18.4 Å². The maximum Gasteiger partial charge on any atom is 0.438 e. The Morgan fingerprint density at radius 3 is 2.37 bits per heavy atom. The average Bonchev–Trinajstić information content (AvgIpc) is 4.02. The third-order valence-electron chi connectivity index (χ3n) is 12.3. The van der Waals surface area contributed by atoms with Crippen molar-refractivity contribution in [3.05, 3.63) is 36.0 Å². The number of sulfonamides is 1. The van der Waals surface area contributed by atoms with E-state index in [0.29, 0.717) is 39.5 Å². The van der Waals surface area contributed by atoms with E-state index >= 15 is 0 Å². The minimum Gasteiger partial charge on any atom is -0.494 e. The van der Waals surface area contributed by atoms with E-state index in [-0.39, 0.29) is 42.1 Å². The van der Waals surface area contributed by atoms with E-state index < -0.39 is 123 Å². The van der Waals surface area contributed by atoms with Crippen LogP contribution in [0.4, 0.5) is 31.1 Å². The van der Waals surface area contributed by atoms with Crippen molar-refractivity contribution in [1.29, 1.82) is 0 Å². The van der Waals surface area contributed by atoms with Crippen molar-refractivity contribution in [2.24, 2.45) is 17.8 Å². The number of carbonyl (C=O) groups excluding carboxylic acids is 4. The number of aromatic nitrogens is 2. The number of nitrogens with one attached hydrogen (secondary N) is 3. The summed E-state index contributed by atoms with van der Waals surface area (Å²) in [6, 6.07) is 0.914. The molecule has 2 saturated carbocycles. The number of alkyl carbamates (subject to hydrolysis) is 1. The SMILES string of the molecule is CCOc1ccc2nc(C(F)(F)F)c(OC3CC4C(=O)NC5(CC(=O)NS(=O)(=O)C6(C)CC6)CC5C=CCCC(C)CC(C)C(NC(=O)OC(C)(C)C(F)(F)F)C(=O)N4C3)nc2c1. The summed E-state index contributed by atoms with van der Waals surface area (Å²) < 4.78 is 128. The number of carbonyl (C=O) groups is 4. The maximum absolute atomic E-state index is 14.8. The first-order valence-electron chi connectivity index (χ1n) is 20.8. The fourth-order valence-electron chi connectivity index (χ4n) is 8.02. The summed E-state index contributed by atoms with van der Waals surface area (Å²) in [4.78, 5) is 64.6. The molecule has 63 heavy (non-hydrogen) atoms.